The molecule has 0 saturated carbocycles. The van der Waals surface area contributed by atoms with Crippen LogP contribution in [0.3, 0.4) is 0 Å². The minimum absolute atomic E-state index is 0.154. The molecule has 26 heavy (non-hydrogen) atoms. The number of methoxy groups -OCH3 is 1. The lowest BCUT2D eigenvalue weighted by atomic mass is 10.2. The normalized spacial score (nSPS) is 11.5. The van der Waals surface area contributed by atoms with E-state index in [4.69, 9.17) is 30.2 Å². The van der Waals surface area contributed by atoms with Crippen LogP contribution in [0, 0.1) is 0 Å². The molecule has 0 aliphatic heterocycles. The largest absolute Gasteiger partial charge is 0.493 e. The third kappa shape index (κ3) is 4.92. The van der Waals surface area contributed by atoms with E-state index < -0.39 is 18.0 Å². The van der Waals surface area contributed by atoms with Gasteiger partial charge in [0.2, 0.25) is 0 Å². The Bertz CT molecular complexity index is 759. The lowest BCUT2D eigenvalue weighted by Gasteiger charge is -2.15. The topological polar surface area (TPSA) is 87.0 Å². The highest BCUT2D eigenvalue weighted by Crippen LogP contribution is 2.36. The van der Waals surface area contributed by atoms with E-state index in [9.17, 15) is 9.59 Å². The summed E-state index contributed by atoms with van der Waals surface area (Å²) in [5.41, 5.74) is 0.154. The van der Waals surface area contributed by atoms with Crippen molar-refractivity contribution in [3.8, 4) is 11.5 Å². The Morgan fingerprint density at radius 3 is 2.73 bits per heavy atom. The van der Waals surface area contributed by atoms with Gasteiger partial charge in [-0.25, -0.2) is 4.79 Å². The molecule has 0 unspecified atom stereocenters. The summed E-state index contributed by atoms with van der Waals surface area (Å²) < 4.78 is 20.9. The van der Waals surface area contributed by atoms with Gasteiger partial charge >= 0.3 is 5.97 Å². The Morgan fingerprint density at radius 2 is 2.12 bits per heavy atom. The molecule has 0 fully saturated rings. The number of nitrogens with one attached hydrogen (secondary N) is 1. The number of carbonyl (C=O) groups excluding carboxylic acids is 2. The van der Waals surface area contributed by atoms with Crippen molar-refractivity contribution in [1.82, 2.24) is 5.32 Å². The van der Waals surface area contributed by atoms with Crippen molar-refractivity contribution >= 4 is 23.5 Å². The molecule has 2 aromatic rings. The van der Waals surface area contributed by atoms with E-state index in [0.717, 1.165) is 0 Å². The van der Waals surface area contributed by atoms with Gasteiger partial charge in [0.25, 0.3) is 5.91 Å². The molecular weight excluding hydrogens is 362 g/mol. The average Bonchev–Trinajstić information content (AvgIpc) is 3.14. The minimum atomic E-state index is -0.992. The summed E-state index contributed by atoms with van der Waals surface area (Å²) in [6.45, 7) is 3.88. The van der Waals surface area contributed by atoms with Crippen molar-refractivity contribution in [2.45, 2.75) is 26.5 Å². The Balaban J connectivity index is 2.01. The fraction of sp³-hybridized carbons (Fsp3) is 0.333. The van der Waals surface area contributed by atoms with Gasteiger partial charge in [-0.2, -0.15) is 0 Å². The van der Waals surface area contributed by atoms with Gasteiger partial charge in [0.1, 0.15) is 5.76 Å². The molecule has 8 heteroatoms. The molecule has 2 rings (SSSR count). The third-order valence-electron chi connectivity index (χ3n) is 3.42. The smallest absolute Gasteiger partial charge is 0.339 e. The number of halogens is 1. The Morgan fingerprint density at radius 1 is 1.35 bits per heavy atom. The van der Waals surface area contributed by atoms with Crippen molar-refractivity contribution in [2.24, 2.45) is 0 Å². The van der Waals surface area contributed by atoms with E-state index in [1.807, 2.05) is 0 Å². The van der Waals surface area contributed by atoms with Crippen LogP contribution in [0.15, 0.2) is 34.9 Å². The minimum Gasteiger partial charge on any atom is -0.493 e. The van der Waals surface area contributed by atoms with Gasteiger partial charge in [0.15, 0.2) is 17.6 Å². The fourth-order valence-electron chi connectivity index (χ4n) is 2.14. The van der Waals surface area contributed by atoms with Crippen LogP contribution in [0.1, 0.15) is 30.0 Å². The molecule has 1 amide bonds. The number of hydrogen-bond acceptors (Lipinski definition) is 6. The van der Waals surface area contributed by atoms with Crippen molar-refractivity contribution < 1.29 is 28.2 Å². The predicted molar refractivity (Wildman–Crippen MR) is 94.6 cm³/mol. The predicted octanol–water partition coefficient (Wildman–Crippen LogP) is 3.20. The summed E-state index contributed by atoms with van der Waals surface area (Å²) in [5.74, 6) is 0.103. The maximum atomic E-state index is 12.3. The highest BCUT2D eigenvalue weighted by molar-refractivity contribution is 6.32. The molecule has 0 radical (unpaired) electrons. The Labute approximate surface area is 156 Å². The molecule has 7 nitrogen and oxygen atoms in total. The number of ether oxygens (including phenoxy) is 3. The quantitative estimate of drug-likeness (QED) is 0.706. The van der Waals surface area contributed by atoms with E-state index in [1.165, 1.54) is 32.4 Å². The Hall–Kier alpha value is -2.67. The van der Waals surface area contributed by atoms with Crippen LogP contribution < -0.4 is 14.8 Å². The van der Waals surface area contributed by atoms with Crippen molar-refractivity contribution in [3.63, 3.8) is 0 Å². The van der Waals surface area contributed by atoms with Crippen molar-refractivity contribution in [2.75, 3.05) is 13.7 Å². The molecule has 1 N–H and O–H groups in total. The maximum absolute atomic E-state index is 12.3. The van der Waals surface area contributed by atoms with Crippen molar-refractivity contribution in [3.05, 3.63) is 46.9 Å². The highest BCUT2D eigenvalue weighted by Gasteiger charge is 2.21. The first-order valence-electron chi connectivity index (χ1n) is 7.97. The van der Waals surface area contributed by atoms with E-state index in [1.54, 1.807) is 19.1 Å². The van der Waals surface area contributed by atoms with Gasteiger partial charge in [-0.05, 0) is 38.1 Å². The van der Waals surface area contributed by atoms with Crippen LogP contribution in [0.25, 0.3) is 0 Å². The fourth-order valence-corrected chi connectivity index (χ4v) is 2.40. The summed E-state index contributed by atoms with van der Waals surface area (Å²) in [7, 11) is 1.44. The molecule has 0 aliphatic rings. The number of carbonyl (C=O) groups is 2. The molecule has 1 atom stereocenters. The van der Waals surface area contributed by atoms with Crippen LogP contribution in [0.2, 0.25) is 5.02 Å². The van der Waals surface area contributed by atoms with E-state index >= 15 is 0 Å². The molecule has 0 aliphatic carbocycles. The Kier molecular flexibility index (Phi) is 6.91. The molecule has 1 aromatic carbocycles. The first-order chi connectivity index (χ1) is 12.5. The molecular formula is C18H20ClNO6. The van der Waals surface area contributed by atoms with E-state index in [2.05, 4.69) is 5.32 Å². The zero-order chi connectivity index (χ0) is 19.1. The van der Waals surface area contributed by atoms with Gasteiger partial charge < -0.3 is 23.9 Å². The molecule has 0 saturated heterocycles. The summed E-state index contributed by atoms with van der Waals surface area (Å²) >= 11 is 6.14. The number of rotatable bonds is 8. The number of amides is 1. The summed E-state index contributed by atoms with van der Waals surface area (Å²) in [6, 6.07) is 6.30. The average molecular weight is 382 g/mol. The molecule has 140 valence electrons. The van der Waals surface area contributed by atoms with Gasteiger partial charge in [-0.1, -0.05) is 11.6 Å². The van der Waals surface area contributed by atoms with Crippen LogP contribution >= 0.6 is 11.6 Å². The second-order valence-corrected chi connectivity index (χ2v) is 5.67. The number of benzene rings is 1. The van der Waals surface area contributed by atoms with Crippen LogP contribution in [-0.2, 0) is 16.1 Å². The second kappa shape index (κ2) is 9.15. The van der Waals surface area contributed by atoms with Gasteiger partial charge in [-0.15, -0.1) is 0 Å². The van der Waals surface area contributed by atoms with Gasteiger partial charge in [-0.3, -0.25) is 4.79 Å². The zero-order valence-corrected chi connectivity index (χ0v) is 15.5. The van der Waals surface area contributed by atoms with Gasteiger partial charge in [0, 0.05) is 0 Å². The SMILES string of the molecule is CCOc1c(Cl)cc(C(=O)O[C@H](C)C(=O)NCc2ccco2)cc1OC. The third-order valence-corrected chi connectivity index (χ3v) is 3.70. The molecule has 1 aromatic heterocycles. The molecule has 1 heterocycles. The maximum Gasteiger partial charge on any atom is 0.339 e. The van der Waals surface area contributed by atoms with Crippen LogP contribution in [-0.4, -0.2) is 31.7 Å². The lowest BCUT2D eigenvalue weighted by molar-refractivity contribution is -0.129. The van der Waals surface area contributed by atoms with Crippen LogP contribution in [0.4, 0.5) is 0 Å². The first kappa shape index (κ1) is 19.7. The van der Waals surface area contributed by atoms with Crippen molar-refractivity contribution in [1.29, 1.82) is 0 Å². The molecule has 0 spiro atoms. The number of esters is 1. The highest BCUT2D eigenvalue weighted by atomic mass is 35.5. The van der Waals surface area contributed by atoms with E-state index in [0.29, 0.717) is 23.9 Å². The first-order valence-corrected chi connectivity index (χ1v) is 8.35. The summed E-state index contributed by atoms with van der Waals surface area (Å²) in [5, 5.41) is 2.84. The standard InChI is InChI=1S/C18H20ClNO6/c1-4-24-16-14(19)8-12(9-15(16)23-3)18(22)26-11(2)17(21)20-10-13-6-5-7-25-13/h5-9,11H,4,10H2,1-3H3,(H,20,21)/t11-/m1/s1. The molecule has 0 bridgehead atoms. The lowest BCUT2D eigenvalue weighted by Crippen LogP contribution is -2.35. The monoisotopic (exact) mass is 381 g/mol. The second-order valence-electron chi connectivity index (χ2n) is 5.27. The number of hydrogen-bond donors (Lipinski definition) is 1. The van der Waals surface area contributed by atoms with E-state index in [-0.39, 0.29) is 17.1 Å². The van der Waals surface area contributed by atoms with Crippen LogP contribution in [0.5, 0.6) is 11.5 Å². The zero-order valence-electron chi connectivity index (χ0n) is 14.7. The van der Waals surface area contributed by atoms with Gasteiger partial charge in [0.05, 0.1) is 37.1 Å². The number of furan rings is 1. The summed E-state index contributed by atoms with van der Waals surface area (Å²) in [4.78, 5) is 24.3. The summed E-state index contributed by atoms with van der Waals surface area (Å²) in [6.07, 6.45) is 0.516.